The van der Waals surface area contributed by atoms with E-state index in [0.29, 0.717) is 54.3 Å². The van der Waals surface area contributed by atoms with Crippen LogP contribution in [0.3, 0.4) is 0 Å². The van der Waals surface area contributed by atoms with E-state index in [-0.39, 0.29) is 0 Å². The second kappa shape index (κ2) is 16.7. The molecule has 37 heavy (non-hydrogen) atoms. The minimum absolute atomic E-state index is 0.590. The average molecular weight is 571 g/mol. The number of unbranched alkanes of at least 4 members (excludes halogenated alkanes) is 3. The summed E-state index contributed by atoms with van der Waals surface area (Å²) in [6.45, 7) is 8.26. The zero-order chi connectivity index (χ0) is 26.1. The number of ether oxygens (including phenoxy) is 3. The number of rotatable bonds is 18. The molecule has 0 spiro atoms. The summed E-state index contributed by atoms with van der Waals surface area (Å²) in [5.74, 6) is 3.78. The van der Waals surface area contributed by atoms with Gasteiger partial charge in [0.2, 0.25) is 0 Å². The zero-order valence-electron chi connectivity index (χ0n) is 22.2. The Hall–Kier alpha value is -2.98. The van der Waals surface area contributed by atoms with Crippen molar-refractivity contribution >= 4 is 15.7 Å². The van der Waals surface area contributed by atoms with Crippen molar-refractivity contribution < 1.29 is 25.4 Å². The van der Waals surface area contributed by atoms with Gasteiger partial charge in [0.05, 0.1) is 0 Å². The van der Waals surface area contributed by atoms with Crippen LogP contribution in [-0.4, -0.2) is 35.5 Å². The van der Waals surface area contributed by atoms with Crippen molar-refractivity contribution in [2.75, 3.05) is 19.8 Å². The van der Waals surface area contributed by atoms with Gasteiger partial charge < -0.3 is 0 Å². The fourth-order valence-electron chi connectivity index (χ4n) is 3.21. The molecular weight excluding hydrogens is 531 g/mol. The van der Waals surface area contributed by atoms with Crippen LogP contribution in [0.25, 0.3) is 0 Å². The molecule has 3 aromatic rings. The van der Waals surface area contributed by atoms with Crippen molar-refractivity contribution in [1.82, 2.24) is 0 Å². The molecule has 0 N–H and O–H groups in total. The maximum absolute atomic E-state index is 6.41. The third-order valence-corrected chi connectivity index (χ3v) is 7.51. The van der Waals surface area contributed by atoms with Gasteiger partial charge in [0.25, 0.3) is 0 Å². The summed E-state index contributed by atoms with van der Waals surface area (Å²) in [6.07, 6.45) is 6.05. The Morgan fingerprint density at radius 2 is 0.703 bits per heavy atom. The number of benzene rings is 3. The molecule has 6 nitrogen and oxygen atoms in total. The molecule has 0 aromatic heterocycles. The quantitative estimate of drug-likeness (QED) is 0.115. The van der Waals surface area contributed by atoms with Crippen LogP contribution in [0, 0.1) is 0 Å². The van der Waals surface area contributed by atoms with Gasteiger partial charge in [0.15, 0.2) is 0 Å². The van der Waals surface area contributed by atoms with Crippen LogP contribution in [0.2, 0.25) is 0 Å². The molecule has 0 radical (unpaired) electrons. The van der Waals surface area contributed by atoms with Crippen molar-refractivity contribution in [2.24, 2.45) is 0 Å². The Kier molecular flexibility index (Phi) is 12.9. The molecule has 200 valence electrons. The maximum atomic E-state index is 6.41. The first kappa shape index (κ1) is 28.6. The average Bonchev–Trinajstić information content (AvgIpc) is 2.92. The molecule has 0 unspecified atom stereocenters. The van der Waals surface area contributed by atoms with Gasteiger partial charge in [0.1, 0.15) is 0 Å². The SMILES string of the molecule is CCCCOc1ccccc1O[As](Oc1ccccc1OCCCC)Oc1ccccc1OCCCC. The first-order valence-electron chi connectivity index (χ1n) is 13.2. The molecule has 0 heterocycles. The van der Waals surface area contributed by atoms with Crippen LogP contribution in [0.1, 0.15) is 59.3 Å². The molecule has 7 heteroatoms. The topological polar surface area (TPSA) is 55.4 Å². The molecular formula is C30H39AsO6. The standard InChI is InChI=1S/C30H39AsO6/c1-4-7-22-32-25-16-10-13-19-28(25)35-31(36-29-20-14-11-17-26(29)33-23-8-5-2)37-30-21-15-12-18-27(30)34-24-9-6-3/h10-21H,4-9,22-24H2,1-3H3. The van der Waals surface area contributed by atoms with Crippen molar-refractivity contribution in [3.8, 4) is 34.5 Å². The number of para-hydroxylation sites is 6. The second-order valence-corrected chi connectivity index (χ2v) is 10.5. The monoisotopic (exact) mass is 570 g/mol. The third-order valence-electron chi connectivity index (χ3n) is 5.33. The van der Waals surface area contributed by atoms with Gasteiger partial charge >= 0.3 is 227 Å². The van der Waals surface area contributed by atoms with E-state index in [0.717, 1.165) is 38.5 Å². The predicted molar refractivity (Wildman–Crippen MR) is 148 cm³/mol. The summed E-state index contributed by atoms with van der Waals surface area (Å²) in [5.41, 5.74) is 0. The van der Waals surface area contributed by atoms with E-state index < -0.39 is 15.7 Å². The molecule has 3 aromatic carbocycles. The molecule has 0 fully saturated rings. The van der Waals surface area contributed by atoms with Crippen LogP contribution >= 0.6 is 0 Å². The van der Waals surface area contributed by atoms with Gasteiger partial charge in [-0.2, -0.15) is 0 Å². The van der Waals surface area contributed by atoms with Crippen molar-refractivity contribution in [2.45, 2.75) is 59.3 Å². The summed E-state index contributed by atoms with van der Waals surface area (Å²) in [4.78, 5) is 0. The van der Waals surface area contributed by atoms with Crippen LogP contribution in [0.4, 0.5) is 0 Å². The first-order valence-corrected chi connectivity index (χ1v) is 15.5. The van der Waals surface area contributed by atoms with E-state index in [1.807, 2.05) is 72.8 Å². The Bertz CT molecular complexity index is 912. The van der Waals surface area contributed by atoms with E-state index >= 15 is 0 Å². The summed E-state index contributed by atoms with van der Waals surface area (Å²) < 4.78 is 37.2. The summed E-state index contributed by atoms with van der Waals surface area (Å²) in [5, 5.41) is 0. The fraction of sp³-hybridized carbons (Fsp3) is 0.400. The molecule has 0 aliphatic heterocycles. The van der Waals surface area contributed by atoms with Gasteiger partial charge in [-0.15, -0.1) is 0 Å². The fourth-order valence-corrected chi connectivity index (χ4v) is 5.41. The predicted octanol–water partition coefficient (Wildman–Crippen LogP) is 7.75. The summed E-state index contributed by atoms with van der Waals surface area (Å²) in [6, 6.07) is 22.9. The minimum atomic E-state index is -2.95. The molecule has 0 saturated heterocycles. The van der Waals surface area contributed by atoms with E-state index in [1.54, 1.807) is 0 Å². The number of hydrogen-bond donors (Lipinski definition) is 0. The van der Waals surface area contributed by atoms with Crippen molar-refractivity contribution in [3.63, 3.8) is 0 Å². The van der Waals surface area contributed by atoms with Crippen LogP contribution in [-0.2, 0) is 0 Å². The van der Waals surface area contributed by atoms with Crippen LogP contribution < -0.4 is 25.4 Å². The molecule has 0 aliphatic carbocycles. The zero-order valence-corrected chi connectivity index (χ0v) is 24.1. The molecule has 0 saturated carbocycles. The Labute approximate surface area is 227 Å². The van der Waals surface area contributed by atoms with Gasteiger partial charge in [-0.25, -0.2) is 0 Å². The van der Waals surface area contributed by atoms with Crippen molar-refractivity contribution in [3.05, 3.63) is 72.8 Å². The second-order valence-electron chi connectivity index (χ2n) is 8.44. The molecule has 0 aliphatic rings. The van der Waals surface area contributed by atoms with E-state index in [1.165, 1.54) is 0 Å². The van der Waals surface area contributed by atoms with Gasteiger partial charge in [-0.05, 0) is 0 Å². The molecule has 0 amide bonds. The summed E-state index contributed by atoms with van der Waals surface area (Å²) in [7, 11) is 0. The van der Waals surface area contributed by atoms with Gasteiger partial charge in [0, 0.05) is 0 Å². The molecule has 0 bridgehead atoms. The Morgan fingerprint density at radius 3 is 0.973 bits per heavy atom. The van der Waals surface area contributed by atoms with Gasteiger partial charge in [-0.3, -0.25) is 0 Å². The molecule has 3 rings (SSSR count). The van der Waals surface area contributed by atoms with Crippen molar-refractivity contribution in [1.29, 1.82) is 0 Å². The Balaban J connectivity index is 1.86. The van der Waals surface area contributed by atoms with E-state index in [9.17, 15) is 0 Å². The molecule has 0 atom stereocenters. The first-order chi connectivity index (χ1) is 18.2. The normalized spacial score (nSPS) is 10.7. The number of hydrogen-bond acceptors (Lipinski definition) is 6. The van der Waals surface area contributed by atoms with Gasteiger partial charge in [-0.1, -0.05) is 0 Å². The summed E-state index contributed by atoms with van der Waals surface area (Å²) >= 11 is -2.95. The van der Waals surface area contributed by atoms with E-state index in [2.05, 4.69) is 20.8 Å². The third kappa shape index (κ3) is 9.77. The van der Waals surface area contributed by atoms with Crippen LogP contribution in [0.5, 0.6) is 34.5 Å². The van der Waals surface area contributed by atoms with E-state index in [4.69, 9.17) is 25.4 Å². The van der Waals surface area contributed by atoms with Crippen LogP contribution in [0.15, 0.2) is 72.8 Å². The Morgan fingerprint density at radius 1 is 0.432 bits per heavy atom.